The first-order valence-electron chi connectivity index (χ1n) is 3.54. The summed E-state index contributed by atoms with van der Waals surface area (Å²) in [5.41, 5.74) is 0. The molecule has 0 aliphatic carbocycles. The first-order chi connectivity index (χ1) is 9.71. The van der Waals surface area contributed by atoms with Gasteiger partial charge in [-0.3, -0.25) is 0 Å². The van der Waals surface area contributed by atoms with Crippen LogP contribution < -0.4 is 0 Å². The van der Waals surface area contributed by atoms with E-state index in [1.54, 1.807) is 0 Å². The van der Waals surface area contributed by atoms with Crippen LogP contribution in [0, 0.1) is 0 Å². The van der Waals surface area contributed by atoms with Crippen LogP contribution in [-0.2, 0) is 102 Å². The topological polar surface area (TPSA) is 345 Å². The van der Waals surface area contributed by atoms with Crippen molar-refractivity contribution in [2.45, 2.75) is 0 Å². The second-order valence-corrected chi connectivity index (χ2v) is 13.3. The summed E-state index contributed by atoms with van der Waals surface area (Å²) in [4.78, 5) is 15.5. The summed E-state index contributed by atoms with van der Waals surface area (Å²) in [7, 11) is -5.08. The van der Waals surface area contributed by atoms with E-state index in [2.05, 4.69) is 3.18 Å². The van der Waals surface area contributed by atoms with E-state index in [1.165, 1.54) is 0 Å². The van der Waals surface area contributed by atoms with Crippen LogP contribution in [0.2, 0.25) is 0 Å². The fraction of sp³-hybridized carbons (Fsp3) is 0. The molecule has 0 unspecified atom stereocenters. The second kappa shape index (κ2) is 20.0. The summed E-state index contributed by atoms with van der Waals surface area (Å²) in [5, 5.41) is 0. The molecule has 0 aromatic heterocycles. The van der Waals surface area contributed by atoms with Gasteiger partial charge in [0.15, 0.2) is 34.7 Å². The third-order valence-electron chi connectivity index (χ3n) is 0.191. The number of rotatable bonds is 2. The SMILES string of the molecule is O=P(O)(O)[O][Mo](=[O])(=[O])[OH].[AlH3].[AlH3].[CaH2].[O]=[Mo](=[O])([OH])[OH].[O]=[Mo](=[O])([OH])[OH].[O]=[Mo](=[O])([OH])[OH]. The summed E-state index contributed by atoms with van der Waals surface area (Å²) in [6, 6.07) is 0. The van der Waals surface area contributed by atoms with Crippen molar-refractivity contribution >= 4 is 80.3 Å². The molecular formula is H17Al2CaMo4O19P. The van der Waals surface area contributed by atoms with Crippen LogP contribution >= 0.6 is 7.82 Å². The Morgan fingerprint density at radius 2 is 0.667 bits per heavy atom. The third kappa shape index (κ3) is 252. The minimum absolute atomic E-state index is 0. The quantitative estimate of drug-likeness (QED) is 0.0922. The second-order valence-electron chi connectivity index (χ2n) is 2.34. The first-order valence-corrected chi connectivity index (χ1v) is 18.7. The maximum atomic E-state index is 9.61. The van der Waals surface area contributed by atoms with Gasteiger partial charge in [0.1, 0.15) is 0 Å². The Kier molecular flexibility index (Phi) is 35.4. The van der Waals surface area contributed by atoms with Crippen molar-refractivity contribution in [3.8, 4) is 0 Å². The van der Waals surface area contributed by atoms with Gasteiger partial charge in [-0.15, -0.1) is 0 Å². The van der Waals surface area contributed by atoms with Gasteiger partial charge in [0.2, 0.25) is 0 Å². The van der Waals surface area contributed by atoms with Gasteiger partial charge in [0.25, 0.3) is 0 Å². The van der Waals surface area contributed by atoms with E-state index in [9.17, 15) is 11.4 Å². The Bertz CT molecular complexity index is 700. The van der Waals surface area contributed by atoms with Crippen molar-refractivity contribution < 1.29 is 138 Å². The number of hydrogen-bond acceptors (Lipinski definition) is 10. The van der Waals surface area contributed by atoms with Crippen molar-refractivity contribution in [2.75, 3.05) is 0 Å². The maximum absolute atomic E-state index is 9.61. The zero-order chi connectivity index (χ0) is 21.2. The molecule has 9 N–H and O–H groups in total. The van der Waals surface area contributed by atoms with E-state index in [0.717, 1.165) is 0 Å². The molecule has 0 aromatic carbocycles. The van der Waals surface area contributed by atoms with Crippen molar-refractivity contribution in [1.29, 1.82) is 0 Å². The van der Waals surface area contributed by atoms with Crippen molar-refractivity contribution in [3.05, 3.63) is 0 Å². The van der Waals surface area contributed by atoms with E-state index >= 15 is 0 Å². The van der Waals surface area contributed by atoms with Gasteiger partial charge in [-0.25, -0.2) is 0 Å². The van der Waals surface area contributed by atoms with Gasteiger partial charge in [-0.05, 0) is 0 Å². The molecule has 0 heterocycles. The number of hydrogen-bond donors (Lipinski definition) is 9. The molecule has 0 aliphatic heterocycles. The molecule has 168 valence electrons. The normalized spacial score (nSPS) is 11.0. The van der Waals surface area contributed by atoms with Crippen LogP contribution in [0.1, 0.15) is 0 Å². The molecule has 0 fully saturated rings. The zero-order valence-corrected chi connectivity index (χ0v) is 19.1. The minimum atomic E-state index is -6.03. The molecule has 0 aromatic rings. The fourth-order valence-corrected chi connectivity index (χ4v) is 2.18. The van der Waals surface area contributed by atoms with Crippen LogP contribution in [0.3, 0.4) is 0 Å². The molecule has 27 heteroatoms. The van der Waals surface area contributed by atoms with Crippen LogP contribution in [0.4, 0.5) is 0 Å². The Labute approximate surface area is 214 Å². The molecule has 0 atom stereocenters. The molecule has 0 aliphatic rings. The van der Waals surface area contributed by atoms with Crippen molar-refractivity contribution in [1.82, 2.24) is 0 Å². The molecule has 0 spiro atoms. The molecule has 0 saturated carbocycles. The monoisotopic (exact) mass is 838 g/mol. The number of phosphoric acid groups is 1. The predicted molar refractivity (Wildman–Crippen MR) is 62.6 cm³/mol. The molecule has 0 saturated heterocycles. The summed E-state index contributed by atoms with van der Waals surface area (Å²) in [5.74, 6) is 0. The fourth-order valence-electron chi connectivity index (χ4n) is 0.123. The molecule has 0 radical (unpaired) electrons. The molecule has 0 bridgehead atoms. The van der Waals surface area contributed by atoms with Gasteiger partial charge < -0.3 is 0 Å². The van der Waals surface area contributed by atoms with E-state index in [-0.39, 0.29) is 72.5 Å². The molecule has 19 nitrogen and oxygen atoms in total. The van der Waals surface area contributed by atoms with Gasteiger partial charge in [-0.1, -0.05) is 0 Å². The Balaban J connectivity index is -0.0000000396. The zero-order valence-electron chi connectivity index (χ0n) is 10.2. The first kappa shape index (κ1) is 47.9. The van der Waals surface area contributed by atoms with Crippen molar-refractivity contribution in [3.63, 3.8) is 0 Å². The molecular weight excluding hydrogens is 813 g/mol. The van der Waals surface area contributed by atoms with Crippen LogP contribution in [0.5, 0.6) is 0 Å². The van der Waals surface area contributed by atoms with Crippen molar-refractivity contribution in [2.24, 2.45) is 0 Å². The van der Waals surface area contributed by atoms with Crippen LogP contribution in [0.15, 0.2) is 0 Å². The van der Waals surface area contributed by atoms with E-state index in [0.29, 0.717) is 0 Å². The van der Waals surface area contributed by atoms with Crippen LogP contribution in [0.25, 0.3) is 0 Å². The average molecular weight is 830 g/mol. The summed E-state index contributed by atoms with van der Waals surface area (Å²) in [6.45, 7) is 0. The van der Waals surface area contributed by atoms with E-state index < -0.39 is 74.8 Å². The summed E-state index contributed by atoms with van der Waals surface area (Å²) in [6.07, 6.45) is 0. The molecule has 0 amide bonds. The van der Waals surface area contributed by atoms with Gasteiger partial charge in [0, 0.05) is 0 Å². The Morgan fingerprint density at radius 3 is 0.667 bits per heavy atom. The third-order valence-corrected chi connectivity index (χ3v) is 3.40. The predicted octanol–water partition coefficient (Wildman–Crippen LogP) is -8.58. The summed E-state index contributed by atoms with van der Waals surface area (Å²) >= 11 is -22.6. The van der Waals surface area contributed by atoms with Gasteiger partial charge in [0.05, 0.1) is 0 Å². The standard InChI is InChI=1S/2Al.Ca.4Mo.H3O4P.7H2O.8O.8H/c;;;;;;;1-5(2,3)4;;;;;;;;;;;;;;;;;;;;;;;/h;;;;;;;(H3,1,2,3,4);7*1H2;;;;;;;;;;;;;;;;/q;;;4*+2;;;;;;;;;;;;;;;;;;;;;;;;/p-8. The van der Waals surface area contributed by atoms with Gasteiger partial charge in [-0.2, -0.15) is 0 Å². The van der Waals surface area contributed by atoms with Gasteiger partial charge >= 0.3 is 184 Å². The van der Waals surface area contributed by atoms with Crippen LogP contribution in [-0.4, -0.2) is 109 Å². The average Bonchev–Trinajstić information content (AvgIpc) is 1.80. The molecule has 0 rings (SSSR count). The van der Waals surface area contributed by atoms with E-state index in [1.807, 2.05) is 0 Å². The Morgan fingerprint density at radius 1 is 0.556 bits per heavy atom. The summed E-state index contributed by atoms with van der Waals surface area (Å²) < 4.78 is 135. The van der Waals surface area contributed by atoms with E-state index in [4.69, 9.17) is 56.5 Å². The Hall–Kier alpha value is 3.31. The molecule has 27 heavy (non-hydrogen) atoms.